The smallest absolute Gasteiger partial charge is 0.292 e. The summed E-state index contributed by atoms with van der Waals surface area (Å²) in [6.07, 6.45) is 2.55. The lowest BCUT2D eigenvalue weighted by Crippen LogP contribution is -2.32. The first-order valence-electron chi connectivity index (χ1n) is 7.51. The van der Waals surface area contributed by atoms with Crippen molar-refractivity contribution in [2.75, 3.05) is 5.32 Å². The van der Waals surface area contributed by atoms with Gasteiger partial charge in [0.1, 0.15) is 11.5 Å². The number of fused-ring (bicyclic) bond motifs is 1. The van der Waals surface area contributed by atoms with E-state index >= 15 is 0 Å². The largest absolute Gasteiger partial charge is 0.375 e. The summed E-state index contributed by atoms with van der Waals surface area (Å²) in [4.78, 5) is 15.3. The second kappa shape index (κ2) is 5.75. The van der Waals surface area contributed by atoms with E-state index in [2.05, 4.69) is 15.4 Å². The molecule has 0 saturated carbocycles. The van der Waals surface area contributed by atoms with Crippen molar-refractivity contribution in [1.29, 1.82) is 0 Å². The average molecular weight is 301 g/mol. The Kier molecular flexibility index (Phi) is 3.79. The van der Waals surface area contributed by atoms with Gasteiger partial charge in [-0.2, -0.15) is 5.10 Å². The van der Waals surface area contributed by atoms with Gasteiger partial charge in [0.05, 0.1) is 11.5 Å². The number of nitrogens with one attached hydrogen (secondary N) is 1. The summed E-state index contributed by atoms with van der Waals surface area (Å²) >= 11 is 0. The van der Waals surface area contributed by atoms with E-state index in [9.17, 15) is 10.1 Å². The minimum atomic E-state index is -0.339. The summed E-state index contributed by atoms with van der Waals surface area (Å²) < 4.78 is 1.92. The Labute approximate surface area is 128 Å². The maximum atomic E-state index is 11.2. The highest BCUT2D eigenvalue weighted by molar-refractivity contribution is 5.66. The van der Waals surface area contributed by atoms with Crippen molar-refractivity contribution in [2.24, 2.45) is 0 Å². The van der Waals surface area contributed by atoms with Crippen LogP contribution in [0.25, 0.3) is 0 Å². The van der Waals surface area contributed by atoms with Crippen LogP contribution in [-0.4, -0.2) is 25.7 Å². The molecule has 0 spiro atoms. The van der Waals surface area contributed by atoms with Crippen molar-refractivity contribution < 1.29 is 4.92 Å². The second-order valence-electron chi connectivity index (χ2n) is 5.59. The molecule has 1 atom stereocenters. The molecule has 0 aliphatic carbocycles. The van der Waals surface area contributed by atoms with Crippen LogP contribution in [0, 0.1) is 17.0 Å². The zero-order chi connectivity index (χ0) is 15.7. The third-order valence-corrected chi connectivity index (χ3v) is 4.01. The van der Waals surface area contributed by atoms with Crippen LogP contribution in [-0.2, 0) is 19.4 Å². The third-order valence-electron chi connectivity index (χ3n) is 4.01. The van der Waals surface area contributed by atoms with Gasteiger partial charge in [0.15, 0.2) is 5.82 Å². The SMILES string of the molecule is CCc1nc2n(n1)CC(Nc1c(C)cccc1[N+](=O)[O-])CC2. The van der Waals surface area contributed by atoms with E-state index in [1.807, 2.05) is 24.6 Å². The van der Waals surface area contributed by atoms with Crippen molar-refractivity contribution >= 4 is 11.4 Å². The number of nitro benzene ring substituents is 1. The number of aryl methyl sites for hydroxylation is 3. The quantitative estimate of drug-likeness (QED) is 0.692. The van der Waals surface area contributed by atoms with Gasteiger partial charge >= 0.3 is 0 Å². The van der Waals surface area contributed by atoms with Crippen LogP contribution >= 0.6 is 0 Å². The Morgan fingerprint density at radius 1 is 1.50 bits per heavy atom. The molecule has 0 saturated heterocycles. The molecule has 2 aromatic rings. The number of hydrogen-bond acceptors (Lipinski definition) is 5. The van der Waals surface area contributed by atoms with Gasteiger partial charge in [0.25, 0.3) is 5.69 Å². The first-order chi connectivity index (χ1) is 10.6. The number of para-hydroxylation sites is 1. The molecule has 3 rings (SSSR count). The van der Waals surface area contributed by atoms with Gasteiger partial charge in [-0.05, 0) is 18.9 Å². The Morgan fingerprint density at radius 2 is 2.32 bits per heavy atom. The Morgan fingerprint density at radius 3 is 3.05 bits per heavy atom. The summed E-state index contributed by atoms with van der Waals surface area (Å²) in [6.45, 7) is 4.61. The minimum Gasteiger partial charge on any atom is -0.375 e. The van der Waals surface area contributed by atoms with Gasteiger partial charge in [0, 0.05) is 24.9 Å². The zero-order valence-electron chi connectivity index (χ0n) is 12.7. The molecule has 0 bridgehead atoms. The van der Waals surface area contributed by atoms with Crippen LogP contribution in [0.5, 0.6) is 0 Å². The van der Waals surface area contributed by atoms with E-state index < -0.39 is 0 Å². The van der Waals surface area contributed by atoms with Gasteiger partial charge in [-0.3, -0.25) is 10.1 Å². The van der Waals surface area contributed by atoms with E-state index in [1.165, 1.54) is 6.07 Å². The lowest BCUT2D eigenvalue weighted by molar-refractivity contribution is -0.384. The lowest BCUT2D eigenvalue weighted by atomic mass is 10.1. The standard InChI is InChI=1S/C15H19N5O2/c1-3-13-17-14-8-7-11(9-19(14)18-13)16-15-10(2)5-4-6-12(15)20(21)22/h4-6,11,16H,3,7-9H2,1-2H3. The Bertz CT molecular complexity index is 710. The summed E-state index contributed by atoms with van der Waals surface area (Å²) in [7, 11) is 0. The summed E-state index contributed by atoms with van der Waals surface area (Å²) in [5, 5.41) is 19.0. The molecular weight excluding hydrogens is 282 g/mol. The molecule has 1 aliphatic heterocycles. The average Bonchev–Trinajstić information content (AvgIpc) is 2.91. The summed E-state index contributed by atoms with van der Waals surface area (Å²) in [5.74, 6) is 1.87. The van der Waals surface area contributed by atoms with Crippen LogP contribution < -0.4 is 5.32 Å². The van der Waals surface area contributed by atoms with Crippen molar-refractivity contribution in [3.05, 3.63) is 45.5 Å². The van der Waals surface area contributed by atoms with Gasteiger partial charge in [-0.15, -0.1) is 0 Å². The van der Waals surface area contributed by atoms with Crippen molar-refractivity contribution in [1.82, 2.24) is 14.8 Å². The maximum absolute atomic E-state index is 11.2. The normalized spacial score (nSPS) is 17.1. The van der Waals surface area contributed by atoms with Gasteiger partial charge in [-0.1, -0.05) is 19.1 Å². The third kappa shape index (κ3) is 2.66. The van der Waals surface area contributed by atoms with E-state index in [0.29, 0.717) is 12.2 Å². The number of rotatable bonds is 4. The van der Waals surface area contributed by atoms with Crippen LogP contribution in [0.3, 0.4) is 0 Å². The van der Waals surface area contributed by atoms with E-state index in [1.54, 1.807) is 6.07 Å². The molecule has 0 radical (unpaired) electrons. The number of benzene rings is 1. The molecule has 1 N–H and O–H groups in total. The number of nitrogens with zero attached hydrogens (tertiary/aromatic N) is 4. The van der Waals surface area contributed by atoms with Gasteiger partial charge in [0.2, 0.25) is 0 Å². The first-order valence-corrected chi connectivity index (χ1v) is 7.51. The molecule has 1 unspecified atom stereocenters. The molecule has 0 fully saturated rings. The predicted molar refractivity (Wildman–Crippen MR) is 83.0 cm³/mol. The highest BCUT2D eigenvalue weighted by Gasteiger charge is 2.24. The monoisotopic (exact) mass is 301 g/mol. The zero-order valence-corrected chi connectivity index (χ0v) is 12.7. The van der Waals surface area contributed by atoms with Crippen LogP contribution in [0.15, 0.2) is 18.2 Å². The van der Waals surface area contributed by atoms with Crippen LogP contribution in [0.4, 0.5) is 11.4 Å². The molecule has 116 valence electrons. The van der Waals surface area contributed by atoms with Crippen LogP contribution in [0.1, 0.15) is 30.6 Å². The molecule has 1 aromatic carbocycles. The Balaban J connectivity index is 1.82. The first kappa shape index (κ1) is 14.5. The van der Waals surface area contributed by atoms with Crippen molar-refractivity contribution in [3.63, 3.8) is 0 Å². The lowest BCUT2D eigenvalue weighted by Gasteiger charge is -2.25. The number of anilines is 1. The number of nitro groups is 1. The topological polar surface area (TPSA) is 85.9 Å². The fraction of sp³-hybridized carbons (Fsp3) is 0.467. The molecule has 1 aliphatic rings. The second-order valence-corrected chi connectivity index (χ2v) is 5.59. The number of hydrogen-bond donors (Lipinski definition) is 1. The minimum absolute atomic E-state index is 0.124. The summed E-state index contributed by atoms with van der Waals surface area (Å²) in [6, 6.07) is 5.25. The molecule has 0 amide bonds. The molecule has 22 heavy (non-hydrogen) atoms. The van der Waals surface area contributed by atoms with Crippen LogP contribution in [0.2, 0.25) is 0 Å². The Hall–Kier alpha value is -2.44. The molecule has 1 aromatic heterocycles. The van der Waals surface area contributed by atoms with Gasteiger partial charge < -0.3 is 5.32 Å². The number of aromatic nitrogens is 3. The highest BCUT2D eigenvalue weighted by Crippen LogP contribution is 2.29. The van der Waals surface area contributed by atoms with Gasteiger partial charge in [-0.25, -0.2) is 9.67 Å². The molecular formula is C15H19N5O2. The fourth-order valence-electron chi connectivity index (χ4n) is 2.82. The highest BCUT2D eigenvalue weighted by atomic mass is 16.6. The predicted octanol–water partition coefficient (Wildman–Crippen LogP) is 2.48. The fourth-order valence-corrected chi connectivity index (χ4v) is 2.82. The molecule has 7 nitrogen and oxygen atoms in total. The van der Waals surface area contributed by atoms with E-state index in [-0.39, 0.29) is 16.7 Å². The molecule has 2 heterocycles. The maximum Gasteiger partial charge on any atom is 0.292 e. The summed E-state index contributed by atoms with van der Waals surface area (Å²) in [5.41, 5.74) is 1.61. The van der Waals surface area contributed by atoms with E-state index in [4.69, 9.17) is 0 Å². The molecule has 7 heteroatoms. The van der Waals surface area contributed by atoms with E-state index in [0.717, 1.165) is 36.5 Å². The van der Waals surface area contributed by atoms with Crippen molar-refractivity contribution in [2.45, 2.75) is 45.7 Å². The van der Waals surface area contributed by atoms with Crippen molar-refractivity contribution in [3.8, 4) is 0 Å².